The predicted molar refractivity (Wildman–Crippen MR) is 90.3 cm³/mol. The number of amides is 1. The van der Waals surface area contributed by atoms with Crippen molar-refractivity contribution in [2.24, 2.45) is 0 Å². The van der Waals surface area contributed by atoms with Gasteiger partial charge in [0.05, 0.1) is 12.2 Å². The third kappa shape index (κ3) is 4.16. The lowest BCUT2D eigenvalue weighted by Crippen LogP contribution is -2.39. The molecule has 0 bridgehead atoms. The van der Waals surface area contributed by atoms with E-state index in [1.807, 2.05) is 37.9 Å². The molecule has 2 rings (SSSR count). The highest BCUT2D eigenvalue weighted by Gasteiger charge is 2.17. The van der Waals surface area contributed by atoms with Crippen LogP contribution in [0.5, 0.6) is 0 Å². The van der Waals surface area contributed by atoms with Gasteiger partial charge in [0.2, 0.25) is 5.91 Å². The molecule has 0 saturated heterocycles. The molecule has 23 heavy (non-hydrogen) atoms. The van der Waals surface area contributed by atoms with Gasteiger partial charge in [-0.05, 0) is 45.5 Å². The van der Waals surface area contributed by atoms with Gasteiger partial charge in [0.25, 0.3) is 0 Å². The van der Waals surface area contributed by atoms with Crippen LogP contribution in [0.2, 0.25) is 0 Å². The molecule has 0 spiro atoms. The Bertz CT molecular complexity index is 604. The number of aromatic nitrogens is 3. The maximum Gasteiger partial charge on any atom is 0.236 e. The van der Waals surface area contributed by atoms with Crippen molar-refractivity contribution in [2.75, 3.05) is 26.7 Å². The molecule has 0 saturated carbocycles. The fraction of sp³-hybridized carbons (Fsp3) is 0.471. The molecular formula is C17H25N5O. The van der Waals surface area contributed by atoms with Gasteiger partial charge in [0.15, 0.2) is 0 Å². The summed E-state index contributed by atoms with van der Waals surface area (Å²) in [7, 11) is 1.98. The topological polar surface area (TPSA) is 54.3 Å². The third-order valence-electron chi connectivity index (χ3n) is 4.22. The number of hydrogen-bond donors (Lipinski definition) is 0. The quantitative estimate of drug-likeness (QED) is 0.785. The first-order valence-electron chi connectivity index (χ1n) is 7.99. The van der Waals surface area contributed by atoms with Gasteiger partial charge < -0.3 is 4.90 Å². The molecule has 1 aromatic carbocycles. The largest absolute Gasteiger partial charge is 0.342 e. The first-order valence-corrected chi connectivity index (χ1v) is 7.99. The Morgan fingerprint density at radius 3 is 2.39 bits per heavy atom. The summed E-state index contributed by atoms with van der Waals surface area (Å²) in [5.41, 5.74) is 2.14. The van der Waals surface area contributed by atoms with Gasteiger partial charge in [-0.1, -0.05) is 12.1 Å². The van der Waals surface area contributed by atoms with Crippen molar-refractivity contribution < 1.29 is 4.79 Å². The molecule has 6 heteroatoms. The number of carbonyl (C=O) groups is 1. The molecule has 2 aromatic rings. The third-order valence-corrected chi connectivity index (χ3v) is 4.22. The zero-order valence-corrected chi connectivity index (χ0v) is 14.3. The van der Waals surface area contributed by atoms with Crippen LogP contribution in [0.3, 0.4) is 0 Å². The van der Waals surface area contributed by atoms with Crippen LogP contribution in [-0.2, 0) is 4.79 Å². The molecule has 1 aromatic heterocycles. The van der Waals surface area contributed by atoms with Crippen molar-refractivity contribution in [1.29, 1.82) is 0 Å². The van der Waals surface area contributed by atoms with Gasteiger partial charge >= 0.3 is 0 Å². The zero-order valence-electron chi connectivity index (χ0n) is 14.3. The lowest BCUT2D eigenvalue weighted by molar-refractivity contribution is -0.132. The minimum absolute atomic E-state index is 0.166. The fourth-order valence-electron chi connectivity index (χ4n) is 2.53. The van der Waals surface area contributed by atoms with Gasteiger partial charge in [0.1, 0.15) is 12.7 Å². The second-order valence-electron chi connectivity index (χ2n) is 5.59. The van der Waals surface area contributed by atoms with Crippen molar-refractivity contribution in [2.45, 2.75) is 26.8 Å². The van der Waals surface area contributed by atoms with Crippen LogP contribution in [0.1, 0.15) is 32.4 Å². The standard InChI is InChI=1S/C17H25N5O/c1-5-21(6-2)17(23)11-20(4)14(3)15-7-9-16(10-8-15)22-13-18-12-19-22/h7-10,12-14H,5-6,11H2,1-4H3. The van der Waals surface area contributed by atoms with Crippen LogP contribution in [0.25, 0.3) is 5.69 Å². The molecule has 1 amide bonds. The van der Waals surface area contributed by atoms with E-state index < -0.39 is 0 Å². The normalized spacial score (nSPS) is 12.4. The summed E-state index contributed by atoms with van der Waals surface area (Å²) >= 11 is 0. The average Bonchev–Trinajstić information content (AvgIpc) is 3.10. The van der Waals surface area contributed by atoms with Crippen LogP contribution in [-0.4, -0.2) is 57.2 Å². The molecule has 0 aliphatic heterocycles. The zero-order chi connectivity index (χ0) is 16.8. The SMILES string of the molecule is CCN(CC)C(=O)CN(C)C(C)c1ccc(-n2cncn2)cc1. The Morgan fingerprint density at radius 2 is 1.87 bits per heavy atom. The van der Waals surface area contributed by atoms with Crippen LogP contribution in [0, 0.1) is 0 Å². The van der Waals surface area contributed by atoms with E-state index in [0.717, 1.165) is 18.8 Å². The first kappa shape index (κ1) is 17.1. The Kier molecular flexibility index (Phi) is 5.87. The van der Waals surface area contributed by atoms with E-state index in [0.29, 0.717) is 6.54 Å². The highest BCUT2D eigenvalue weighted by molar-refractivity contribution is 5.78. The van der Waals surface area contributed by atoms with Crippen LogP contribution in [0.15, 0.2) is 36.9 Å². The highest BCUT2D eigenvalue weighted by Crippen LogP contribution is 2.20. The molecular weight excluding hydrogens is 290 g/mol. The Hall–Kier alpha value is -2.21. The molecule has 0 radical (unpaired) electrons. The van der Waals surface area contributed by atoms with E-state index in [1.54, 1.807) is 11.0 Å². The van der Waals surface area contributed by atoms with Crippen molar-refractivity contribution in [3.8, 4) is 5.69 Å². The number of nitrogens with zero attached hydrogens (tertiary/aromatic N) is 5. The minimum Gasteiger partial charge on any atom is -0.342 e. The second-order valence-corrected chi connectivity index (χ2v) is 5.59. The Balaban J connectivity index is 2.02. The van der Waals surface area contributed by atoms with E-state index in [2.05, 4.69) is 34.0 Å². The van der Waals surface area contributed by atoms with Crippen LogP contribution < -0.4 is 0 Å². The highest BCUT2D eigenvalue weighted by atomic mass is 16.2. The number of hydrogen-bond acceptors (Lipinski definition) is 4. The van der Waals surface area contributed by atoms with Gasteiger partial charge in [-0.2, -0.15) is 5.10 Å². The summed E-state index contributed by atoms with van der Waals surface area (Å²) in [6, 6.07) is 8.33. The van der Waals surface area contributed by atoms with Crippen LogP contribution in [0.4, 0.5) is 0 Å². The summed E-state index contributed by atoms with van der Waals surface area (Å²) in [4.78, 5) is 20.1. The summed E-state index contributed by atoms with van der Waals surface area (Å²) in [5.74, 6) is 0.170. The fourth-order valence-corrected chi connectivity index (χ4v) is 2.53. The molecule has 0 N–H and O–H groups in total. The summed E-state index contributed by atoms with van der Waals surface area (Å²) < 4.78 is 1.72. The summed E-state index contributed by atoms with van der Waals surface area (Å²) in [6.45, 7) is 8.06. The summed E-state index contributed by atoms with van der Waals surface area (Å²) in [6.07, 6.45) is 3.19. The van der Waals surface area contributed by atoms with Gasteiger partial charge in [-0.25, -0.2) is 9.67 Å². The molecule has 1 atom stereocenters. The smallest absolute Gasteiger partial charge is 0.236 e. The maximum atomic E-state index is 12.2. The molecule has 124 valence electrons. The molecule has 1 unspecified atom stereocenters. The predicted octanol–water partition coefficient (Wildman–Crippen LogP) is 2.13. The van der Waals surface area contributed by atoms with Crippen molar-refractivity contribution in [3.05, 3.63) is 42.5 Å². The first-order chi connectivity index (χ1) is 11.1. The van der Waals surface area contributed by atoms with Crippen molar-refractivity contribution in [3.63, 3.8) is 0 Å². The maximum absolute atomic E-state index is 12.2. The van der Waals surface area contributed by atoms with E-state index in [9.17, 15) is 4.79 Å². The molecule has 0 fully saturated rings. The van der Waals surface area contributed by atoms with Crippen molar-refractivity contribution >= 4 is 5.91 Å². The molecule has 1 heterocycles. The monoisotopic (exact) mass is 315 g/mol. The Labute approximate surface area is 137 Å². The number of rotatable bonds is 7. The number of benzene rings is 1. The summed E-state index contributed by atoms with van der Waals surface area (Å²) in [5, 5.41) is 4.12. The Morgan fingerprint density at radius 1 is 1.22 bits per heavy atom. The van der Waals surface area contributed by atoms with E-state index >= 15 is 0 Å². The van der Waals surface area contributed by atoms with Crippen LogP contribution >= 0.6 is 0 Å². The van der Waals surface area contributed by atoms with Crippen molar-refractivity contribution in [1.82, 2.24) is 24.6 Å². The van der Waals surface area contributed by atoms with E-state index in [-0.39, 0.29) is 11.9 Å². The molecule has 0 aliphatic rings. The van der Waals surface area contributed by atoms with Gasteiger partial charge in [0, 0.05) is 19.1 Å². The lowest BCUT2D eigenvalue weighted by Gasteiger charge is -2.27. The number of likely N-dealkylation sites (N-methyl/N-ethyl adjacent to an activating group) is 2. The van der Waals surface area contributed by atoms with E-state index in [4.69, 9.17) is 0 Å². The second kappa shape index (κ2) is 7.87. The molecule has 0 aliphatic carbocycles. The van der Waals surface area contributed by atoms with Gasteiger partial charge in [-0.3, -0.25) is 9.69 Å². The van der Waals surface area contributed by atoms with Gasteiger partial charge in [-0.15, -0.1) is 0 Å². The minimum atomic E-state index is 0.166. The lowest BCUT2D eigenvalue weighted by atomic mass is 10.1. The number of carbonyl (C=O) groups excluding carboxylic acids is 1. The average molecular weight is 315 g/mol. The van der Waals surface area contributed by atoms with E-state index in [1.165, 1.54) is 11.9 Å². The molecule has 6 nitrogen and oxygen atoms in total.